The van der Waals surface area contributed by atoms with E-state index in [1.54, 1.807) is 0 Å². The smallest absolute Gasteiger partial charge is 0.0688 e. The Kier molecular flexibility index (Phi) is 5.57. The van der Waals surface area contributed by atoms with Gasteiger partial charge in [0.05, 0.1) is 6.10 Å². The maximum Gasteiger partial charge on any atom is 0.0688 e. The maximum atomic E-state index is 9.53. The van der Waals surface area contributed by atoms with Crippen molar-refractivity contribution in [3.8, 4) is 0 Å². The van der Waals surface area contributed by atoms with Crippen LogP contribution in [0.25, 0.3) is 0 Å². The molecule has 2 atom stereocenters. The fourth-order valence-corrected chi connectivity index (χ4v) is 1.37. The summed E-state index contributed by atoms with van der Waals surface area (Å²) in [4.78, 5) is 0. The lowest BCUT2D eigenvalue weighted by Crippen LogP contribution is -2.52. The normalized spacial score (nSPS) is 17.1. The second-order valence-electron chi connectivity index (χ2n) is 4.44. The molecule has 2 unspecified atom stereocenters. The minimum Gasteiger partial charge on any atom is -0.392 e. The summed E-state index contributed by atoms with van der Waals surface area (Å²) in [7, 11) is 0. The van der Waals surface area contributed by atoms with Gasteiger partial charge in [-0.2, -0.15) is 0 Å². The molecule has 13 heavy (non-hydrogen) atoms. The second-order valence-corrected chi connectivity index (χ2v) is 4.44. The van der Waals surface area contributed by atoms with Gasteiger partial charge in [-0.15, -0.1) is 0 Å². The van der Waals surface area contributed by atoms with Crippen molar-refractivity contribution in [1.29, 1.82) is 0 Å². The van der Waals surface area contributed by atoms with Crippen LogP contribution in [0.3, 0.4) is 0 Å². The summed E-state index contributed by atoms with van der Waals surface area (Å²) < 4.78 is 0. The first-order valence-electron chi connectivity index (χ1n) is 5.39. The summed E-state index contributed by atoms with van der Waals surface area (Å²) in [6.07, 6.45) is 3.20. The minimum absolute atomic E-state index is 0.171. The van der Waals surface area contributed by atoms with Gasteiger partial charge in [0, 0.05) is 11.6 Å². The highest BCUT2D eigenvalue weighted by molar-refractivity contribution is 4.86. The van der Waals surface area contributed by atoms with E-state index < -0.39 is 0 Å². The molecular weight excluding hydrogens is 162 g/mol. The lowest BCUT2D eigenvalue weighted by Gasteiger charge is -2.34. The van der Waals surface area contributed by atoms with Crippen LogP contribution < -0.4 is 5.32 Å². The molecule has 0 spiro atoms. The third-order valence-corrected chi connectivity index (χ3v) is 2.75. The standard InChI is InChI=1S/C11H25NO/c1-6-8-10(7-2)12-11(4,5)9(3)13/h9-10,12-13H,6-8H2,1-5H3. The Morgan fingerprint density at radius 2 is 1.85 bits per heavy atom. The van der Waals surface area contributed by atoms with Crippen molar-refractivity contribution in [3.05, 3.63) is 0 Å². The lowest BCUT2D eigenvalue weighted by atomic mass is 9.95. The highest BCUT2D eigenvalue weighted by Gasteiger charge is 2.25. The Bertz CT molecular complexity index is 132. The first kappa shape index (κ1) is 12.9. The van der Waals surface area contributed by atoms with Gasteiger partial charge >= 0.3 is 0 Å². The van der Waals surface area contributed by atoms with E-state index in [2.05, 4.69) is 33.0 Å². The summed E-state index contributed by atoms with van der Waals surface area (Å²) in [6, 6.07) is 0.537. The summed E-state index contributed by atoms with van der Waals surface area (Å²) in [6.45, 7) is 10.3. The minimum atomic E-state index is -0.307. The molecule has 0 saturated heterocycles. The molecule has 2 N–H and O–H groups in total. The van der Waals surface area contributed by atoms with Gasteiger partial charge < -0.3 is 10.4 Å². The van der Waals surface area contributed by atoms with E-state index in [4.69, 9.17) is 0 Å². The maximum absolute atomic E-state index is 9.53. The molecule has 0 aliphatic carbocycles. The van der Waals surface area contributed by atoms with Crippen LogP contribution in [0, 0.1) is 0 Å². The van der Waals surface area contributed by atoms with E-state index in [-0.39, 0.29) is 11.6 Å². The quantitative estimate of drug-likeness (QED) is 0.669. The van der Waals surface area contributed by atoms with Crippen LogP contribution in [-0.2, 0) is 0 Å². The van der Waals surface area contributed by atoms with Gasteiger partial charge in [-0.1, -0.05) is 20.3 Å². The average Bonchev–Trinajstić information content (AvgIpc) is 2.03. The number of aliphatic hydroxyl groups is 1. The zero-order valence-corrected chi connectivity index (χ0v) is 9.72. The van der Waals surface area contributed by atoms with Crippen LogP contribution in [0.15, 0.2) is 0 Å². The lowest BCUT2D eigenvalue weighted by molar-refractivity contribution is 0.0862. The van der Waals surface area contributed by atoms with Crippen molar-refractivity contribution in [3.63, 3.8) is 0 Å². The largest absolute Gasteiger partial charge is 0.392 e. The van der Waals surface area contributed by atoms with Crippen molar-refractivity contribution in [2.75, 3.05) is 0 Å². The molecule has 2 heteroatoms. The predicted molar refractivity (Wildman–Crippen MR) is 57.9 cm³/mol. The first-order chi connectivity index (χ1) is 5.94. The summed E-state index contributed by atoms with van der Waals surface area (Å²) >= 11 is 0. The van der Waals surface area contributed by atoms with Crippen LogP contribution >= 0.6 is 0 Å². The van der Waals surface area contributed by atoms with E-state index in [0.29, 0.717) is 6.04 Å². The van der Waals surface area contributed by atoms with Gasteiger partial charge in [-0.05, 0) is 33.6 Å². The van der Waals surface area contributed by atoms with Crippen molar-refractivity contribution in [1.82, 2.24) is 5.32 Å². The van der Waals surface area contributed by atoms with Crippen LogP contribution in [0.5, 0.6) is 0 Å². The molecule has 0 aliphatic heterocycles. The summed E-state index contributed by atoms with van der Waals surface area (Å²) in [5, 5.41) is 13.0. The highest BCUT2D eigenvalue weighted by Crippen LogP contribution is 2.13. The Morgan fingerprint density at radius 1 is 1.31 bits per heavy atom. The molecule has 2 nitrogen and oxygen atoms in total. The summed E-state index contributed by atoms with van der Waals surface area (Å²) in [5.74, 6) is 0. The average molecular weight is 187 g/mol. The van der Waals surface area contributed by atoms with Gasteiger partial charge in [-0.3, -0.25) is 0 Å². The van der Waals surface area contributed by atoms with Crippen molar-refractivity contribution >= 4 is 0 Å². The van der Waals surface area contributed by atoms with Gasteiger partial charge in [0.25, 0.3) is 0 Å². The van der Waals surface area contributed by atoms with E-state index in [1.807, 2.05) is 6.92 Å². The third-order valence-electron chi connectivity index (χ3n) is 2.75. The fourth-order valence-electron chi connectivity index (χ4n) is 1.37. The molecule has 0 radical (unpaired) electrons. The predicted octanol–water partition coefficient (Wildman–Crippen LogP) is 2.31. The molecule has 0 saturated carbocycles. The number of hydrogen-bond acceptors (Lipinski definition) is 2. The van der Waals surface area contributed by atoms with E-state index in [9.17, 15) is 5.11 Å². The molecule has 80 valence electrons. The van der Waals surface area contributed by atoms with Crippen LogP contribution in [0.4, 0.5) is 0 Å². The van der Waals surface area contributed by atoms with Gasteiger partial charge in [0.2, 0.25) is 0 Å². The Hall–Kier alpha value is -0.0800. The monoisotopic (exact) mass is 187 g/mol. The van der Waals surface area contributed by atoms with E-state index >= 15 is 0 Å². The SMILES string of the molecule is CCCC(CC)NC(C)(C)C(C)O. The molecule has 0 rings (SSSR count). The van der Waals surface area contributed by atoms with Gasteiger partial charge in [-0.25, -0.2) is 0 Å². The number of rotatable bonds is 6. The Labute approximate surface area is 82.7 Å². The van der Waals surface area contributed by atoms with E-state index in [0.717, 1.165) is 6.42 Å². The zero-order valence-electron chi connectivity index (χ0n) is 9.72. The van der Waals surface area contributed by atoms with Crippen LogP contribution in [0.2, 0.25) is 0 Å². The second kappa shape index (κ2) is 5.61. The van der Waals surface area contributed by atoms with E-state index in [1.165, 1.54) is 12.8 Å². The van der Waals surface area contributed by atoms with Crippen LogP contribution in [0.1, 0.15) is 53.9 Å². The van der Waals surface area contributed by atoms with Crippen molar-refractivity contribution in [2.24, 2.45) is 0 Å². The van der Waals surface area contributed by atoms with Gasteiger partial charge in [0.15, 0.2) is 0 Å². The molecule has 0 heterocycles. The molecule has 0 aromatic heterocycles. The molecule has 0 aromatic rings. The first-order valence-corrected chi connectivity index (χ1v) is 5.39. The fraction of sp³-hybridized carbons (Fsp3) is 1.00. The Balaban J connectivity index is 4.05. The van der Waals surface area contributed by atoms with Crippen molar-refractivity contribution in [2.45, 2.75) is 71.6 Å². The van der Waals surface area contributed by atoms with Gasteiger partial charge in [0.1, 0.15) is 0 Å². The van der Waals surface area contributed by atoms with Crippen LogP contribution in [-0.4, -0.2) is 22.8 Å². The highest BCUT2D eigenvalue weighted by atomic mass is 16.3. The molecule has 0 aliphatic rings. The van der Waals surface area contributed by atoms with Crippen molar-refractivity contribution < 1.29 is 5.11 Å². The Morgan fingerprint density at radius 3 is 2.15 bits per heavy atom. The number of nitrogens with one attached hydrogen (secondary N) is 1. The molecule has 0 bridgehead atoms. The molecule has 0 aromatic carbocycles. The zero-order chi connectivity index (χ0) is 10.5. The molecule has 0 fully saturated rings. The molecular formula is C11H25NO. The number of hydrogen-bond donors (Lipinski definition) is 2. The number of aliphatic hydroxyl groups excluding tert-OH is 1. The summed E-state index contributed by atoms with van der Waals surface area (Å²) in [5.41, 5.74) is -0.171. The third kappa shape index (κ3) is 4.63. The molecule has 0 amide bonds. The topological polar surface area (TPSA) is 32.3 Å².